The fraction of sp³-hybridized carbons (Fsp3) is 0.353. The number of carbonyl (C=O) groups is 1. The molecule has 25 heavy (non-hydrogen) atoms. The number of hydrogen-bond acceptors (Lipinski definition) is 6. The van der Waals surface area contributed by atoms with Gasteiger partial charge in [-0.2, -0.15) is 10.4 Å². The molecule has 0 aliphatic carbocycles. The van der Waals surface area contributed by atoms with E-state index in [0.717, 1.165) is 17.7 Å². The number of anilines is 4. The van der Waals surface area contributed by atoms with E-state index in [0.29, 0.717) is 18.1 Å². The van der Waals surface area contributed by atoms with E-state index in [2.05, 4.69) is 15.5 Å². The Bertz CT molecular complexity index is 859. The molecule has 2 aromatic rings. The lowest BCUT2D eigenvalue weighted by atomic mass is 10.1. The van der Waals surface area contributed by atoms with E-state index in [-0.39, 0.29) is 17.5 Å². The van der Waals surface area contributed by atoms with Crippen LogP contribution in [0.15, 0.2) is 18.2 Å². The Hall–Kier alpha value is -3.21. The van der Waals surface area contributed by atoms with Gasteiger partial charge in [0.1, 0.15) is 23.1 Å². The second-order valence-electron chi connectivity index (χ2n) is 6.82. The predicted molar refractivity (Wildman–Crippen MR) is 94.7 cm³/mol. The fourth-order valence-corrected chi connectivity index (χ4v) is 2.66. The number of H-pyrrole nitrogens is 1. The van der Waals surface area contributed by atoms with Gasteiger partial charge in [0, 0.05) is 12.2 Å². The Labute approximate surface area is 145 Å². The predicted octanol–water partition coefficient (Wildman–Crippen LogP) is 2.90. The fourth-order valence-electron chi connectivity index (χ4n) is 2.66. The summed E-state index contributed by atoms with van der Waals surface area (Å²) in [5, 5.41) is 18.8. The van der Waals surface area contributed by atoms with Gasteiger partial charge in [-0.25, -0.2) is 4.79 Å². The third-order valence-electron chi connectivity index (χ3n) is 3.76. The van der Waals surface area contributed by atoms with Crippen molar-refractivity contribution in [2.24, 2.45) is 0 Å². The van der Waals surface area contributed by atoms with Crippen LogP contribution in [0.1, 0.15) is 31.9 Å². The first kappa shape index (κ1) is 16.6. The molecule has 3 rings (SSSR count). The van der Waals surface area contributed by atoms with E-state index >= 15 is 0 Å². The zero-order chi connectivity index (χ0) is 18.2. The van der Waals surface area contributed by atoms with Gasteiger partial charge in [0.15, 0.2) is 5.82 Å². The number of rotatable bonds is 2. The highest BCUT2D eigenvalue weighted by atomic mass is 16.6. The van der Waals surface area contributed by atoms with Crippen molar-refractivity contribution in [1.29, 1.82) is 5.26 Å². The summed E-state index contributed by atoms with van der Waals surface area (Å²) in [5.74, 6) is 0.559. The minimum atomic E-state index is -0.552. The number of aromatic nitrogens is 2. The molecule has 0 spiro atoms. The van der Waals surface area contributed by atoms with Crippen LogP contribution in [-0.4, -0.2) is 28.4 Å². The number of hydrogen-bond donors (Lipinski definition) is 3. The summed E-state index contributed by atoms with van der Waals surface area (Å²) in [6.07, 6.45) is 0.401. The van der Waals surface area contributed by atoms with Crippen molar-refractivity contribution >= 4 is 29.1 Å². The molecule has 1 aliphatic rings. The number of aromatic amines is 1. The Morgan fingerprint density at radius 2 is 2.24 bits per heavy atom. The molecular weight excluding hydrogens is 320 g/mol. The van der Waals surface area contributed by atoms with Crippen LogP contribution in [0.3, 0.4) is 0 Å². The van der Waals surface area contributed by atoms with Crippen molar-refractivity contribution in [3.8, 4) is 6.07 Å². The normalized spacial score (nSPS) is 13.3. The summed E-state index contributed by atoms with van der Waals surface area (Å²) >= 11 is 0. The number of nitrogen functional groups attached to an aromatic ring is 1. The zero-order valence-corrected chi connectivity index (χ0v) is 14.4. The molecule has 1 aromatic heterocycles. The lowest BCUT2D eigenvalue weighted by molar-refractivity contribution is 0.0584. The first-order chi connectivity index (χ1) is 11.8. The second kappa shape index (κ2) is 6.02. The molecule has 4 N–H and O–H groups in total. The van der Waals surface area contributed by atoms with Crippen molar-refractivity contribution in [2.45, 2.75) is 32.8 Å². The minimum Gasteiger partial charge on any atom is -0.443 e. The maximum absolute atomic E-state index is 12.4. The number of carbonyl (C=O) groups excluding carboxylic acids is 1. The summed E-state index contributed by atoms with van der Waals surface area (Å²) in [6.45, 7) is 6.09. The largest absolute Gasteiger partial charge is 0.443 e. The smallest absolute Gasteiger partial charge is 0.414 e. The van der Waals surface area contributed by atoms with Gasteiger partial charge in [0.2, 0.25) is 0 Å². The van der Waals surface area contributed by atoms with Crippen LogP contribution in [-0.2, 0) is 11.2 Å². The Morgan fingerprint density at radius 3 is 2.92 bits per heavy atom. The third kappa shape index (κ3) is 3.35. The number of ether oxygens (including phenoxy) is 1. The van der Waals surface area contributed by atoms with Gasteiger partial charge in [-0.05, 0) is 44.9 Å². The van der Waals surface area contributed by atoms with Crippen LogP contribution < -0.4 is 16.0 Å². The van der Waals surface area contributed by atoms with Crippen molar-refractivity contribution in [3.05, 3.63) is 29.3 Å². The first-order valence-electron chi connectivity index (χ1n) is 7.93. The standard InChI is InChI=1S/C17H20N6O2/c1-17(2,3)25-16(24)23-7-6-10-4-5-11(8-13(10)23)20-15-12(9-18)14(19)21-22-15/h4-5,8H,6-7H2,1-3H3,(H4,19,20,21,22). The molecule has 0 fully saturated rings. The minimum absolute atomic E-state index is 0.210. The second-order valence-corrected chi connectivity index (χ2v) is 6.82. The van der Waals surface area contributed by atoms with E-state index in [4.69, 9.17) is 15.7 Å². The number of nitrogens with one attached hydrogen (secondary N) is 2. The van der Waals surface area contributed by atoms with E-state index in [1.807, 2.05) is 45.0 Å². The topological polar surface area (TPSA) is 120 Å². The molecule has 0 saturated heterocycles. The van der Waals surface area contributed by atoms with Crippen LogP contribution >= 0.6 is 0 Å². The highest BCUT2D eigenvalue weighted by molar-refractivity contribution is 5.91. The van der Waals surface area contributed by atoms with Crippen LogP contribution in [0.4, 0.5) is 27.8 Å². The average molecular weight is 340 g/mol. The summed E-state index contributed by atoms with van der Waals surface area (Å²) in [7, 11) is 0. The molecule has 8 nitrogen and oxygen atoms in total. The Kier molecular flexibility index (Phi) is 4.00. The molecule has 0 radical (unpaired) electrons. The molecule has 0 atom stereocenters. The quantitative estimate of drug-likeness (QED) is 0.773. The molecule has 0 bridgehead atoms. The Balaban J connectivity index is 1.85. The summed E-state index contributed by atoms with van der Waals surface area (Å²) < 4.78 is 5.47. The van der Waals surface area contributed by atoms with Gasteiger partial charge in [-0.1, -0.05) is 6.07 Å². The summed E-state index contributed by atoms with van der Waals surface area (Å²) in [5.41, 5.74) is 7.94. The molecule has 130 valence electrons. The average Bonchev–Trinajstić information content (AvgIpc) is 3.09. The number of amides is 1. The van der Waals surface area contributed by atoms with Gasteiger partial charge in [-0.3, -0.25) is 10.00 Å². The SMILES string of the molecule is CC(C)(C)OC(=O)N1CCc2ccc(Nc3n[nH]c(N)c3C#N)cc21. The lowest BCUT2D eigenvalue weighted by Gasteiger charge is -2.25. The number of nitrogens with zero attached hydrogens (tertiary/aromatic N) is 3. The van der Waals surface area contributed by atoms with Crippen molar-refractivity contribution < 1.29 is 9.53 Å². The van der Waals surface area contributed by atoms with Gasteiger partial charge in [0.05, 0.1) is 5.69 Å². The van der Waals surface area contributed by atoms with Gasteiger partial charge in [0.25, 0.3) is 0 Å². The number of benzene rings is 1. The van der Waals surface area contributed by atoms with E-state index < -0.39 is 5.60 Å². The van der Waals surface area contributed by atoms with Crippen LogP contribution in [0.2, 0.25) is 0 Å². The number of nitriles is 1. The van der Waals surface area contributed by atoms with Crippen molar-refractivity contribution in [2.75, 3.05) is 22.5 Å². The number of nitrogens with two attached hydrogens (primary N) is 1. The third-order valence-corrected chi connectivity index (χ3v) is 3.76. The zero-order valence-electron chi connectivity index (χ0n) is 14.4. The van der Waals surface area contributed by atoms with Gasteiger partial charge < -0.3 is 15.8 Å². The highest BCUT2D eigenvalue weighted by Gasteiger charge is 2.29. The molecule has 1 aliphatic heterocycles. The molecule has 2 heterocycles. The maximum atomic E-state index is 12.4. The van der Waals surface area contributed by atoms with E-state index in [1.54, 1.807) is 4.90 Å². The monoisotopic (exact) mass is 340 g/mol. The highest BCUT2D eigenvalue weighted by Crippen LogP contribution is 2.33. The van der Waals surface area contributed by atoms with Crippen molar-refractivity contribution in [3.63, 3.8) is 0 Å². The first-order valence-corrected chi connectivity index (χ1v) is 7.93. The summed E-state index contributed by atoms with van der Waals surface area (Å²) in [6, 6.07) is 7.68. The van der Waals surface area contributed by atoms with Crippen LogP contribution in [0.25, 0.3) is 0 Å². The molecule has 0 saturated carbocycles. The molecular formula is C17H20N6O2. The van der Waals surface area contributed by atoms with Crippen LogP contribution in [0.5, 0.6) is 0 Å². The lowest BCUT2D eigenvalue weighted by Crippen LogP contribution is -2.35. The maximum Gasteiger partial charge on any atom is 0.414 e. The van der Waals surface area contributed by atoms with E-state index in [1.165, 1.54) is 0 Å². The summed E-state index contributed by atoms with van der Waals surface area (Å²) in [4.78, 5) is 14.0. The molecule has 1 aromatic carbocycles. The number of fused-ring (bicyclic) bond motifs is 1. The van der Waals surface area contributed by atoms with Gasteiger partial charge >= 0.3 is 6.09 Å². The van der Waals surface area contributed by atoms with Crippen LogP contribution in [0, 0.1) is 11.3 Å². The Morgan fingerprint density at radius 1 is 1.48 bits per heavy atom. The van der Waals surface area contributed by atoms with E-state index in [9.17, 15) is 4.79 Å². The molecule has 0 unspecified atom stereocenters. The molecule has 8 heteroatoms. The van der Waals surface area contributed by atoms with Gasteiger partial charge in [-0.15, -0.1) is 0 Å². The van der Waals surface area contributed by atoms with Crippen molar-refractivity contribution in [1.82, 2.24) is 10.2 Å². The molecule has 1 amide bonds.